The van der Waals surface area contributed by atoms with Gasteiger partial charge in [-0.25, -0.2) is 4.98 Å². The van der Waals surface area contributed by atoms with E-state index in [1.54, 1.807) is 17.4 Å². The molecule has 1 unspecified atom stereocenters. The summed E-state index contributed by atoms with van der Waals surface area (Å²) in [4.78, 5) is 17.1. The number of para-hydroxylation sites is 1. The number of carbonyl (C=O) groups is 1. The van der Waals surface area contributed by atoms with Crippen molar-refractivity contribution >= 4 is 29.0 Å². The van der Waals surface area contributed by atoms with E-state index < -0.39 is 0 Å². The highest BCUT2D eigenvalue weighted by Crippen LogP contribution is 2.38. The molecule has 1 amide bonds. The minimum atomic E-state index is -0.262. The van der Waals surface area contributed by atoms with E-state index in [9.17, 15) is 4.79 Å². The summed E-state index contributed by atoms with van der Waals surface area (Å²) in [6.07, 6.45) is 4.18. The fraction of sp³-hybridized carbons (Fsp3) is 0.280. The largest absolute Gasteiger partial charge is 0.492 e. The summed E-state index contributed by atoms with van der Waals surface area (Å²) < 4.78 is 17.5. The summed E-state index contributed by atoms with van der Waals surface area (Å²) in [7, 11) is 0. The van der Waals surface area contributed by atoms with Gasteiger partial charge in [-0.05, 0) is 39.0 Å². The molecule has 0 radical (unpaired) electrons. The standard InChI is InChI=1S/C25H26N2O4S/c1-4-29-24-12-19-11-16(2)31-23(19)13-21(24)27-25(28)10-9-18-7-5-6-8-22(18)30-14-20-15-32-17(3)26-20/h5-10,12-13,15-16H,4,11,14H2,1-3H3,(H,27,28)/b10-9+. The van der Waals surface area contributed by atoms with Gasteiger partial charge in [0.2, 0.25) is 5.91 Å². The topological polar surface area (TPSA) is 69.7 Å². The maximum Gasteiger partial charge on any atom is 0.248 e. The minimum Gasteiger partial charge on any atom is -0.492 e. The quantitative estimate of drug-likeness (QED) is 0.465. The summed E-state index contributed by atoms with van der Waals surface area (Å²) in [6.45, 7) is 6.80. The molecule has 32 heavy (non-hydrogen) atoms. The molecular formula is C25H26N2O4S. The van der Waals surface area contributed by atoms with E-state index in [0.717, 1.165) is 34.0 Å². The Morgan fingerprint density at radius 2 is 2.12 bits per heavy atom. The van der Waals surface area contributed by atoms with Crippen molar-refractivity contribution < 1.29 is 19.0 Å². The summed E-state index contributed by atoms with van der Waals surface area (Å²) in [5.74, 6) is 1.86. The zero-order chi connectivity index (χ0) is 22.5. The first-order valence-corrected chi connectivity index (χ1v) is 11.5. The van der Waals surface area contributed by atoms with Crippen molar-refractivity contribution in [3.8, 4) is 17.2 Å². The molecule has 166 valence electrons. The molecule has 6 nitrogen and oxygen atoms in total. The number of fused-ring (bicyclic) bond motifs is 1. The molecule has 1 aliphatic rings. The molecular weight excluding hydrogens is 424 g/mol. The van der Waals surface area contributed by atoms with Gasteiger partial charge in [0.1, 0.15) is 30.0 Å². The number of aryl methyl sites for hydroxylation is 1. The molecule has 0 saturated carbocycles. The number of hydrogen-bond acceptors (Lipinski definition) is 6. The van der Waals surface area contributed by atoms with Gasteiger partial charge in [-0.15, -0.1) is 11.3 Å². The van der Waals surface area contributed by atoms with Crippen molar-refractivity contribution in [2.24, 2.45) is 0 Å². The third-order valence-electron chi connectivity index (χ3n) is 4.93. The van der Waals surface area contributed by atoms with Crippen LogP contribution in [-0.2, 0) is 17.8 Å². The third-order valence-corrected chi connectivity index (χ3v) is 5.75. The number of anilines is 1. The summed E-state index contributed by atoms with van der Waals surface area (Å²) in [5.41, 5.74) is 3.39. The van der Waals surface area contributed by atoms with Gasteiger partial charge in [0, 0.05) is 35.1 Å². The van der Waals surface area contributed by atoms with Crippen molar-refractivity contribution in [3.63, 3.8) is 0 Å². The Labute approximate surface area is 191 Å². The molecule has 1 atom stereocenters. The number of benzene rings is 2. The maximum atomic E-state index is 12.7. The van der Waals surface area contributed by atoms with E-state index in [2.05, 4.69) is 10.3 Å². The monoisotopic (exact) mass is 450 g/mol. The number of aromatic nitrogens is 1. The molecule has 0 aliphatic carbocycles. The molecule has 1 N–H and O–H groups in total. The van der Waals surface area contributed by atoms with Crippen molar-refractivity contribution in [1.82, 2.24) is 4.98 Å². The number of ether oxygens (including phenoxy) is 3. The summed E-state index contributed by atoms with van der Waals surface area (Å²) in [5, 5.41) is 5.90. The van der Waals surface area contributed by atoms with Crippen molar-refractivity contribution in [1.29, 1.82) is 0 Å². The Balaban J connectivity index is 1.46. The third kappa shape index (κ3) is 5.29. The van der Waals surface area contributed by atoms with Crippen LogP contribution in [0, 0.1) is 6.92 Å². The van der Waals surface area contributed by atoms with Crippen LogP contribution in [0.4, 0.5) is 5.69 Å². The predicted octanol–water partition coefficient (Wildman–Crippen LogP) is 5.40. The van der Waals surface area contributed by atoms with Gasteiger partial charge in [0.15, 0.2) is 0 Å². The van der Waals surface area contributed by atoms with Crippen molar-refractivity contribution in [2.75, 3.05) is 11.9 Å². The Morgan fingerprint density at radius 3 is 2.91 bits per heavy atom. The van der Waals surface area contributed by atoms with E-state index in [-0.39, 0.29) is 12.0 Å². The average molecular weight is 451 g/mol. The zero-order valence-electron chi connectivity index (χ0n) is 18.4. The second-order valence-electron chi connectivity index (χ2n) is 7.53. The molecule has 1 aromatic heterocycles. The fourth-order valence-corrected chi connectivity index (χ4v) is 4.13. The molecule has 0 spiro atoms. The number of hydrogen-bond donors (Lipinski definition) is 1. The molecule has 0 bridgehead atoms. The molecule has 0 fully saturated rings. The van der Waals surface area contributed by atoms with Gasteiger partial charge < -0.3 is 19.5 Å². The molecule has 0 saturated heterocycles. The molecule has 2 heterocycles. The van der Waals surface area contributed by atoms with Gasteiger partial charge in [0.05, 0.1) is 23.0 Å². The predicted molar refractivity (Wildman–Crippen MR) is 127 cm³/mol. The van der Waals surface area contributed by atoms with Gasteiger partial charge >= 0.3 is 0 Å². The zero-order valence-corrected chi connectivity index (χ0v) is 19.2. The highest BCUT2D eigenvalue weighted by atomic mass is 32.1. The van der Waals surface area contributed by atoms with Crippen LogP contribution in [0.25, 0.3) is 6.08 Å². The molecule has 1 aliphatic heterocycles. The lowest BCUT2D eigenvalue weighted by molar-refractivity contribution is -0.111. The average Bonchev–Trinajstić information content (AvgIpc) is 3.35. The normalized spacial score (nSPS) is 14.8. The second-order valence-corrected chi connectivity index (χ2v) is 8.59. The molecule has 3 aromatic rings. The number of nitrogens with zero attached hydrogens (tertiary/aromatic N) is 1. The Bertz CT molecular complexity index is 1140. The lowest BCUT2D eigenvalue weighted by Crippen LogP contribution is -2.10. The minimum absolute atomic E-state index is 0.120. The molecule has 7 heteroatoms. The molecule has 2 aromatic carbocycles. The van der Waals surface area contributed by atoms with E-state index in [1.165, 1.54) is 6.08 Å². The maximum absolute atomic E-state index is 12.7. The van der Waals surface area contributed by atoms with Crippen LogP contribution < -0.4 is 19.5 Å². The van der Waals surface area contributed by atoms with Crippen molar-refractivity contribution in [3.05, 3.63) is 69.7 Å². The smallest absolute Gasteiger partial charge is 0.248 e. The van der Waals surface area contributed by atoms with Crippen LogP contribution in [0.1, 0.15) is 35.7 Å². The van der Waals surface area contributed by atoms with Gasteiger partial charge in [-0.3, -0.25) is 4.79 Å². The van der Waals surface area contributed by atoms with Gasteiger partial charge in [0.25, 0.3) is 0 Å². The van der Waals surface area contributed by atoms with Gasteiger partial charge in [-0.2, -0.15) is 0 Å². The number of carbonyl (C=O) groups excluding carboxylic acids is 1. The van der Waals surface area contributed by atoms with Gasteiger partial charge in [-0.1, -0.05) is 18.2 Å². The Hall–Kier alpha value is -3.32. The fourth-order valence-electron chi connectivity index (χ4n) is 3.53. The van der Waals surface area contributed by atoms with Crippen LogP contribution >= 0.6 is 11.3 Å². The Kier molecular flexibility index (Phi) is 6.75. The van der Waals surface area contributed by atoms with Crippen LogP contribution in [-0.4, -0.2) is 23.6 Å². The van der Waals surface area contributed by atoms with E-state index >= 15 is 0 Å². The first-order chi connectivity index (χ1) is 15.5. The second kappa shape index (κ2) is 9.87. The lowest BCUT2D eigenvalue weighted by Gasteiger charge is -2.13. The summed E-state index contributed by atoms with van der Waals surface area (Å²) >= 11 is 1.59. The van der Waals surface area contributed by atoms with Crippen LogP contribution in [0.3, 0.4) is 0 Å². The van der Waals surface area contributed by atoms with E-state index in [0.29, 0.717) is 30.4 Å². The van der Waals surface area contributed by atoms with E-state index in [1.807, 2.05) is 62.5 Å². The van der Waals surface area contributed by atoms with Crippen LogP contribution in [0.15, 0.2) is 47.9 Å². The number of nitrogens with one attached hydrogen (secondary N) is 1. The highest BCUT2D eigenvalue weighted by molar-refractivity contribution is 7.09. The lowest BCUT2D eigenvalue weighted by atomic mass is 10.1. The first kappa shape index (κ1) is 21.9. The number of rotatable bonds is 8. The van der Waals surface area contributed by atoms with Crippen LogP contribution in [0.2, 0.25) is 0 Å². The van der Waals surface area contributed by atoms with Crippen molar-refractivity contribution in [2.45, 2.75) is 39.9 Å². The Morgan fingerprint density at radius 1 is 1.28 bits per heavy atom. The summed E-state index contributed by atoms with van der Waals surface area (Å²) in [6, 6.07) is 11.4. The first-order valence-electron chi connectivity index (χ1n) is 10.6. The molecule has 4 rings (SSSR count). The number of amides is 1. The van der Waals surface area contributed by atoms with E-state index in [4.69, 9.17) is 14.2 Å². The number of thiazole rings is 1. The SMILES string of the molecule is CCOc1cc2c(cc1NC(=O)/C=C/c1ccccc1OCc1csc(C)n1)OC(C)C2. The highest BCUT2D eigenvalue weighted by Gasteiger charge is 2.22. The van der Waals surface area contributed by atoms with Crippen LogP contribution in [0.5, 0.6) is 17.2 Å².